The number of carboxylic acids is 2. The summed E-state index contributed by atoms with van der Waals surface area (Å²) in [4.78, 5) is 33.3. The molecule has 0 saturated heterocycles. The molecule has 0 fully saturated rings. The van der Waals surface area contributed by atoms with Crippen molar-refractivity contribution in [3.8, 4) is 11.5 Å². The minimum absolute atomic E-state index is 0.0403. The summed E-state index contributed by atoms with van der Waals surface area (Å²) in [6.45, 7) is 1.89. The first-order valence-corrected chi connectivity index (χ1v) is 10.4. The van der Waals surface area contributed by atoms with Gasteiger partial charge >= 0.3 is 17.6 Å². The molecule has 9 nitrogen and oxygen atoms in total. The van der Waals surface area contributed by atoms with Crippen LogP contribution in [0.5, 0.6) is 11.5 Å². The van der Waals surface area contributed by atoms with E-state index in [-0.39, 0.29) is 42.2 Å². The topological polar surface area (TPSA) is 136 Å². The highest BCUT2D eigenvalue weighted by Gasteiger charge is 2.23. The SMILES string of the molecule is Cc1ccccc1C(CCC(=O)O)Oc1cc(OCc2cccc(C(=O)O)c2)ccc1[N+](=O)[O-]. The number of nitrogens with zero attached hydrogens (tertiary/aromatic N) is 1. The predicted octanol–water partition coefficient (Wildman–Crippen LogP) is 5.17. The molecule has 3 aromatic rings. The fourth-order valence-electron chi connectivity index (χ4n) is 3.42. The molecule has 1 unspecified atom stereocenters. The Balaban J connectivity index is 1.87. The number of ether oxygens (including phenoxy) is 2. The minimum atomic E-state index is -1.06. The minimum Gasteiger partial charge on any atom is -0.489 e. The molecule has 1 atom stereocenters. The van der Waals surface area contributed by atoms with Gasteiger partial charge in [0.1, 0.15) is 18.5 Å². The van der Waals surface area contributed by atoms with Gasteiger partial charge in [0, 0.05) is 18.6 Å². The maximum atomic E-state index is 11.6. The van der Waals surface area contributed by atoms with Crippen molar-refractivity contribution in [2.75, 3.05) is 0 Å². The monoisotopic (exact) mass is 465 g/mol. The number of hydrogen-bond donors (Lipinski definition) is 2. The Labute approximate surface area is 195 Å². The first-order chi connectivity index (χ1) is 16.2. The largest absolute Gasteiger partial charge is 0.489 e. The van der Waals surface area contributed by atoms with Crippen LogP contribution in [-0.2, 0) is 11.4 Å². The molecule has 0 spiro atoms. The summed E-state index contributed by atoms with van der Waals surface area (Å²) in [5.41, 5.74) is 2.04. The Morgan fingerprint density at radius 2 is 1.79 bits per heavy atom. The highest BCUT2D eigenvalue weighted by atomic mass is 16.6. The normalized spacial score (nSPS) is 11.4. The molecule has 0 amide bonds. The zero-order chi connectivity index (χ0) is 24.7. The Bertz CT molecular complexity index is 1210. The maximum Gasteiger partial charge on any atom is 0.335 e. The lowest BCUT2D eigenvalue weighted by molar-refractivity contribution is -0.386. The van der Waals surface area contributed by atoms with Gasteiger partial charge in [-0.05, 0) is 48.2 Å². The number of aryl methyl sites for hydroxylation is 1. The molecular weight excluding hydrogens is 442 g/mol. The number of nitro benzene ring substituents is 1. The number of rotatable bonds is 11. The number of aliphatic carboxylic acids is 1. The van der Waals surface area contributed by atoms with Crippen LogP contribution in [0.4, 0.5) is 5.69 Å². The Hall–Kier alpha value is -4.40. The molecule has 2 N–H and O–H groups in total. The van der Waals surface area contributed by atoms with Crippen molar-refractivity contribution in [2.24, 2.45) is 0 Å². The Kier molecular flexibility index (Phi) is 7.81. The molecule has 0 aliphatic carbocycles. The molecule has 3 aromatic carbocycles. The molecule has 0 bridgehead atoms. The van der Waals surface area contributed by atoms with Gasteiger partial charge in [-0.25, -0.2) is 4.79 Å². The van der Waals surface area contributed by atoms with Crippen LogP contribution in [0.3, 0.4) is 0 Å². The second-order valence-electron chi connectivity index (χ2n) is 7.58. The van der Waals surface area contributed by atoms with Crippen molar-refractivity contribution in [2.45, 2.75) is 32.5 Å². The number of carbonyl (C=O) groups is 2. The van der Waals surface area contributed by atoms with Crippen molar-refractivity contribution in [3.63, 3.8) is 0 Å². The summed E-state index contributed by atoms with van der Waals surface area (Å²) in [7, 11) is 0. The molecule has 0 aliphatic heterocycles. The van der Waals surface area contributed by atoms with E-state index in [0.29, 0.717) is 5.56 Å². The smallest absolute Gasteiger partial charge is 0.335 e. The third-order valence-corrected chi connectivity index (χ3v) is 5.13. The third-order valence-electron chi connectivity index (χ3n) is 5.13. The highest BCUT2D eigenvalue weighted by Crippen LogP contribution is 2.36. The Morgan fingerprint density at radius 1 is 1.03 bits per heavy atom. The molecule has 0 aromatic heterocycles. The molecule has 0 heterocycles. The van der Waals surface area contributed by atoms with Crippen LogP contribution in [0.1, 0.15) is 46.0 Å². The van der Waals surface area contributed by atoms with E-state index in [1.54, 1.807) is 24.3 Å². The summed E-state index contributed by atoms with van der Waals surface area (Å²) < 4.78 is 11.7. The van der Waals surface area contributed by atoms with Crippen LogP contribution in [0.15, 0.2) is 66.7 Å². The summed E-state index contributed by atoms with van der Waals surface area (Å²) >= 11 is 0. The van der Waals surface area contributed by atoms with Crippen LogP contribution in [0.2, 0.25) is 0 Å². The molecule has 0 saturated carbocycles. The lowest BCUT2D eigenvalue weighted by Gasteiger charge is -2.21. The fraction of sp³-hybridized carbons (Fsp3) is 0.200. The van der Waals surface area contributed by atoms with Gasteiger partial charge in [0.05, 0.1) is 10.5 Å². The van der Waals surface area contributed by atoms with E-state index in [1.807, 2.05) is 19.1 Å². The van der Waals surface area contributed by atoms with Gasteiger partial charge in [-0.15, -0.1) is 0 Å². The fourth-order valence-corrected chi connectivity index (χ4v) is 3.42. The molecule has 9 heteroatoms. The van der Waals surface area contributed by atoms with Gasteiger partial charge < -0.3 is 19.7 Å². The molecular formula is C25H23NO8. The van der Waals surface area contributed by atoms with Crippen molar-refractivity contribution < 1.29 is 34.2 Å². The van der Waals surface area contributed by atoms with Gasteiger partial charge in [0.25, 0.3) is 0 Å². The summed E-state index contributed by atoms with van der Waals surface area (Å²) in [6.07, 6.45) is -0.786. The second-order valence-corrected chi connectivity index (χ2v) is 7.58. The summed E-state index contributed by atoms with van der Waals surface area (Å²) in [6, 6.07) is 17.6. The zero-order valence-electron chi connectivity index (χ0n) is 18.3. The summed E-state index contributed by atoms with van der Waals surface area (Å²) in [5, 5.41) is 29.9. The van der Waals surface area contributed by atoms with Crippen LogP contribution >= 0.6 is 0 Å². The quantitative estimate of drug-likeness (QED) is 0.292. The molecule has 176 valence electrons. The van der Waals surface area contributed by atoms with Crippen molar-refractivity contribution in [3.05, 3.63) is 99.1 Å². The van der Waals surface area contributed by atoms with E-state index in [1.165, 1.54) is 30.3 Å². The lowest BCUT2D eigenvalue weighted by atomic mass is 9.99. The van der Waals surface area contributed by atoms with E-state index < -0.39 is 23.0 Å². The third kappa shape index (κ3) is 6.32. The van der Waals surface area contributed by atoms with Gasteiger partial charge in [-0.2, -0.15) is 0 Å². The van der Waals surface area contributed by atoms with E-state index in [0.717, 1.165) is 11.1 Å². The van der Waals surface area contributed by atoms with E-state index in [2.05, 4.69) is 0 Å². The van der Waals surface area contributed by atoms with Crippen molar-refractivity contribution in [1.29, 1.82) is 0 Å². The van der Waals surface area contributed by atoms with Crippen LogP contribution in [0, 0.1) is 17.0 Å². The number of hydrogen-bond acceptors (Lipinski definition) is 6. The van der Waals surface area contributed by atoms with Crippen LogP contribution in [-0.4, -0.2) is 27.1 Å². The Morgan fingerprint density at radius 3 is 2.47 bits per heavy atom. The molecule has 0 radical (unpaired) electrons. The van der Waals surface area contributed by atoms with Gasteiger partial charge in [0.15, 0.2) is 0 Å². The number of benzene rings is 3. The van der Waals surface area contributed by atoms with E-state index in [4.69, 9.17) is 19.7 Å². The average Bonchev–Trinajstić information content (AvgIpc) is 2.81. The van der Waals surface area contributed by atoms with Crippen molar-refractivity contribution in [1.82, 2.24) is 0 Å². The highest BCUT2D eigenvalue weighted by molar-refractivity contribution is 5.87. The van der Waals surface area contributed by atoms with Gasteiger partial charge in [0.2, 0.25) is 5.75 Å². The molecule has 34 heavy (non-hydrogen) atoms. The number of aromatic carboxylic acids is 1. The maximum absolute atomic E-state index is 11.6. The first-order valence-electron chi connectivity index (χ1n) is 10.4. The van der Waals surface area contributed by atoms with Crippen LogP contribution in [0.25, 0.3) is 0 Å². The van der Waals surface area contributed by atoms with Crippen molar-refractivity contribution >= 4 is 17.6 Å². The van der Waals surface area contributed by atoms with E-state index in [9.17, 15) is 19.7 Å². The number of nitro groups is 1. The zero-order valence-corrected chi connectivity index (χ0v) is 18.3. The summed E-state index contributed by atoms with van der Waals surface area (Å²) in [5.74, 6) is -1.84. The molecule has 0 aliphatic rings. The average molecular weight is 465 g/mol. The van der Waals surface area contributed by atoms with Crippen LogP contribution < -0.4 is 9.47 Å². The second kappa shape index (κ2) is 11.0. The van der Waals surface area contributed by atoms with E-state index >= 15 is 0 Å². The predicted molar refractivity (Wildman–Crippen MR) is 122 cm³/mol. The molecule has 3 rings (SSSR count). The number of carboxylic acid groups (broad SMARTS) is 2. The van der Waals surface area contributed by atoms with Gasteiger partial charge in [-0.1, -0.05) is 36.4 Å². The standard InChI is InChI=1S/C25H23NO8/c1-16-5-2-3-8-20(16)22(11-12-24(27)28)34-23-14-19(9-10-21(23)26(31)32)33-15-17-6-4-7-18(13-17)25(29)30/h2-10,13-14,22H,11-12,15H2,1H3,(H,27,28)(H,29,30). The van der Waals surface area contributed by atoms with Gasteiger partial charge in [-0.3, -0.25) is 14.9 Å². The lowest BCUT2D eigenvalue weighted by Crippen LogP contribution is -2.12. The first kappa shape index (κ1) is 24.2.